The lowest BCUT2D eigenvalue weighted by molar-refractivity contribution is -0.384. The van der Waals surface area contributed by atoms with E-state index in [2.05, 4.69) is 5.32 Å². The maximum atomic E-state index is 12.6. The average Bonchev–Trinajstić information content (AvgIpc) is 3.09. The normalized spacial score (nSPS) is 12.7. The molecule has 1 aliphatic rings. The zero-order chi connectivity index (χ0) is 21.1. The van der Waals surface area contributed by atoms with Crippen molar-refractivity contribution in [2.45, 2.75) is 13.0 Å². The molecule has 1 aromatic carbocycles. The zero-order valence-electron chi connectivity index (χ0n) is 15.6. The van der Waals surface area contributed by atoms with Crippen LogP contribution in [0.5, 0.6) is 0 Å². The number of nitro benzene ring substituents is 1. The molecule has 0 saturated heterocycles. The summed E-state index contributed by atoms with van der Waals surface area (Å²) in [4.78, 5) is 49.3. The van der Waals surface area contributed by atoms with Crippen LogP contribution >= 0.6 is 11.3 Å². The van der Waals surface area contributed by atoms with Gasteiger partial charge in [0.25, 0.3) is 11.6 Å². The van der Waals surface area contributed by atoms with Crippen molar-refractivity contribution in [1.82, 2.24) is 4.90 Å². The average molecular weight is 419 g/mol. The second-order valence-electron chi connectivity index (χ2n) is 6.10. The van der Waals surface area contributed by atoms with Gasteiger partial charge < -0.3 is 19.7 Å². The van der Waals surface area contributed by atoms with E-state index in [-0.39, 0.29) is 28.4 Å². The monoisotopic (exact) mass is 419 g/mol. The van der Waals surface area contributed by atoms with Gasteiger partial charge >= 0.3 is 12.1 Å². The lowest BCUT2D eigenvalue weighted by Crippen LogP contribution is -2.35. The summed E-state index contributed by atoms with van der Waals surface area (Å²) in [7, 11) is 2.53. The Labute approximate surface area is 169 Å². The van der Waals surface area contributed by atoms with E-state index >= 15 is 0 Å². The molecule has 1 N–H and O–H groups in total. The number of fused-ring (bicyclic) bond motifs is 1. The number of anilines is 1. The van der Waals surface area contributed by atoms with Gasteiger partial charge in [0.2, 0.25) is 0 Å². The third-order valence-electron chi connectivity index (χ3n) is 4.43. The number of amides is 2. The van der Waals surface area contributed by atoms with E-state index in [0.717, 1.165) is 22.3 Å². The van der Waals surface area contributed by atoms with E-state index < -0.39 is 22.9 Å². The Kier molecular flexibility index (Phi) is 5.78. The SMILES string of the molecule is COC(=O)c1c(NC(=O)c2cccc([N+](=O)[O-])c2)sc2c1CCN(C(=O)OC)C2. The number of hydrogen-bond donors (Lipinski definition) is 1. The molecule has 0 fully saturated rings. The number of carbonyl (C=O) groups is 3. The van der Waals surface area contributed by atoms with Crippen molar-refractivity contribution in [3.05, 3.63) is 55.9 Å². The molecule has 0 atom stereocenters. The first-order chi connectivity index (χ1) is 13.8. The molecule has 29 heavy (non-hydrogen) atoms. The second-order valence-corrected chi connectivity index (χ2v) is 7.21. The van der Waals surface area contributed by atoms with Crippen molar-refractivity contribution in [1.29, 1.82) is 0 Å². The van der Waals surface area contributed by atoms with Crippen LogP contribution in [0.2, 0.25) is 0 Å². The molecule has 0 radical (unpaired) electrons. The molecule has 0 saturated carbocycles. The van der Waals surface area contributed by atoms with Crippen LogP contribution in [0.1, 0.15) is 31.2 Å². The highest BCUT2D eigenvalue weighted by atomic mass is 32.1. The molecule has 11 heteroatoms. The number of nitrogens with one attached hydrogen (secondary N) is 1. The number of thiophene rings is 1. The molecule has 1 aliphatic heterocycles. The summed E-state index contributed by atoms with van der Waals surface area (Å²) in [6.45, 7) is 0.599. The van der Waals surface area contributed by atoms with Gasteiger partial charge in [-0.2, -0.15) is 0 Å². The predicted octanol–water partition coefficient (Wildman–Crippen LogP) is 2.82. The van der Waals surface area contributed by atoms with E-state index in [9.17, 15) is 24.5 Å². The maximum Gasteiger partial charge on any atom is 0.409 e. The minimum absolute atomic E-state index is 0.0811. The number of carbonyl (C=O) groups excluding carboxylic acids is 3. The molecule has 2 aromatic rings. The van der Waals surface area contributed by atoms with Gasteiger partial charge in [0.1, 0.15) is 5.00 Å². The summed E-state index contributed by atoms with van der Waals surface area (Å²) in [6.07, 6.45) is -0.0799. The number of non-ortho nitro benzene ring substituents is 1. The first-order valence-electron chi connectivity index (χ1n) is 8.47. The molecule has 3 rings (SSSR count). The summed E-state index contributed by atoms with van der Waals surface area (Å²) in [5, 5.41) is 13.8. The van der Waals surface area contributed by atoms with Gasteiger partial charge in [-0.15, -0.1) is 11.3 Å². The van der Waals surface area contributed by atoms with E-state index in [1.54, 1.807) is 0 Å². The molecule has 0 aliphatic carbocycles. The van der Waals surface area contributed by atoms with Gasteiger partial charge in [-0.25, -0.2) is 9.59 Å². The highest BCUT2D eigenvalue weighted by Crippen LogP contribution is 2.38. The van der Waals surface area contributed by atoms with E-state index in [4.69, 9.17) is 9.47 Å². The number of benzene rings is 1. The first-order valence-corrected chi connectivity index (χ1v) is 9.29. The van der Waals surface area contributed by atoms with Crippen LogP contribution in [-0.2, 0) is 22.4 Å². The van der Waals surface area contributed by atoms with Crippen LogP contribution in [0.25, 0.3) is 0 Å². The number of esters is 1. The highest BCUT2D eigenvalue weighted by Gasteiger charge is 2.31. The smallest absolute Gasteiger partial charge is 0.409 e. The predicted molar refractivity (Wildman–Crippen MR) is 103 cm³/mol. The fraction of sp³-hybridized carbons (Fsp3) is 0.278. The number of nitro groups is 1. The summed E-state index contributed by atoms with van der Waals surface area (Å²) in [5.41, 5.74) is 0.801. The number of hydrogen-bond acceptors (Lipinski definition) is 8. The van der Waals surface area contributed by atoms with Gasteiger partial charge in [0, 0.05) is 29.1 Å². The standard InChI is InChI=1S/C18H17N3O7S/c1-27-17(23)14-12-6-7-20(18(24)28-2)9-13(12)29-16(14)19-15(22)10-4-3-5-11(8-10)21(25)26/h3-5,8H,6-7,9H2,1-2H3,(H,19,22). The van der Waals surface area contributed by atoms with Gasteiger partial charge in [0.15, 0.2) is 0 Å². The molecule has 0 bridgehead atoms. The summed E-state index contributed by atoms with van der Waals surface area (Å²) >= 11 is 1.15. The Morgan fingerprint density at radius 1 is 1.24 bits per heavy atom. The Morgan fingerprint density at radius 2 is 2.00 bits per heavy atom. The van der Waals surface area contributed by atoms with Crippen molar-refractivity contribution in [3.63, 3.8) is 0 Å². The minimum Gasteiger partial charge on any atom is -0.465 e. The Morgan fingerprint density at radius 3 is 2.66 bits per heavy atom. The Bertz CT molecular complexity index is 1000. The van der Waals surface area contributed by atoms with Crippen LogP contribution in [0.4, 0.5) is 15.5 Å². The fourth-order valence-electron chi connectivity index (χ4n) is 3.03. The van der Waals surface area contributed by atoms with E-state index in [1.807, 2.05) is 0 Å². The van der Waals surface area contributed by atoms with E-state index in [1.165, 1.54) is 37.3 Å². The van der Waals surface area contributed by atoms with Crippen LogP contribution < -0.4 is 5.32 Å². The molecule has 2 amide bonds. The van der Waals surface area contributed by atoms with Crippen LogP contribution in [0.3, 0.4) is 0 Å². The third-order valence-corrected chi connectivity index (χ3v) is 5.56. The minimum atomic E-state index is -0.608. The first kappa shape index (κ1) is 20.3. The topological polar surface area (TPSA) is 128 Å². The number of rotatable bonds is 4. The Balaban J connectivity index is 1.93. The molecule has 152 valence electrons. The van der Waals surface area contributed by atoms with Crippen molar-refractivity contribution in [2.24, 2.45) is 0 Å². The maximum absolute atomic E-state index is 12.6. The fourth-order valence-corrected chi connectivity index (χ4v) is 4.28. The molecule has 0 spiro atoms. The molecular formula is C18H17N3O7S. The Hall–Kier alpha value is -3.47. The third kappa shape index (κ3) is 4.04. The lowest BCUT2D eigenvalue weighted by Gasteiger charge is -2.25. The second kappa shape index (κ2) is 8.27. The molecule has 1 aromatic heterocycles. The van der Waals surface area contributed by atoms with Gasteiger partial charge in [-0.1, -0.05) is 6.07 Å². The largest absolute Gasteiger partial charge is 0.465 e. The number of ether oxygens (including phenoxy) is 2. The molecule has 2 heterocycles. The molecular weight excluding hydrogens is 402 g/mol. The number of methoxy groups -OCH3 is 2. The highest BCUT2D eigenvalue weighted by molar-refractivity contribution is 7.17. The summed E-state index contributed by atoms with van der Waals surface area (Å²) in [5.74, 6) is -1.20. The van der Waals surface area contributed by atoms with Crippen molar-refractivity contribution < 1.29 is 28.8 Å². The lowest BCUT2D eigenvalue weighted by atomic mass is 10.0. The molecule has 10 nitrogen and oxygen atoms in total. The quantitative estimate of drug-likeness (QED) is 0.458. The summed E-state index contributed by atoms with van der Waals surface area (Å²) < 4.78 is 9.60. The van der Waals surface area contributed by atoms with Crippen molar-refractivity contribution in [3.8, 4) is 0 Å². The van der Waals surface area contributed by atoms with Crippen LogP contribution in [0.15, 0.2) is 24.3 Å². The molecule has 0 unspecified atom stereocenters. The van der Waals surface area contributed by atoms with Crippen molar-refractivity contribution >= 4 is 40.0 Å². The van der Waals surface area contributed by atoms with Gasteiger partial charge in [0.05, 0.1) is 31.3 Å². The summed E-state index contributed by atoms with van der Waals surface area (Å²) in [6, 6.07) is 5.27. The zero-order valence-corrected chi connectivity index (χ0v) is 16.4. The van der Waals surface area contributed by atoms with Crippen LogP contribution in [0, 0.1) is 10.1 Å². The number of nitrogens with zero attached hydrogens (tertiary/aromatic N) is 2. The van der Waals surface area contributed by atoms with Crippen molar-refractivity contribution in [2.75, 3.05) is 26.1 Å². The van der Waals surface area contributed by atoms with Gasteiger partial charge in [-0.05, 0) is 18.1 Å². The van der Waals surface area contributed by atoms with Gasteiger partial charge in [-0.3, -0.25) is 14.9 Å². The van der Waals surface area contributed by atoms with E-state index in [0.29, 0.717) is 18.5 Å². The van der Waals surface area contributed by atoms with Crippen LogP contribution in [-0.4, -0.2) is 48.6 Å².